The molecule has 26 heavy (non-hydrogen) atoms. The van der Waals surface area contributed by atoms with Gasteiger partial charge in [0, 0.05) is 39.5 Å². The summed E-state index contributed by atoms with van der Waals surface area (Å²) < 4.78 is 16.9. The number of rotatable bonds is 11. The van der Waals surface area contributed by atoms with Crippen molar-refractivity contribution in [1.82, 2.24) is 10.6 Å². The first kappa shape index (κ1) is 20.7. The SMILES string of the molecule is CCNC(=NCCCOC1CCOCC1)NCCOCc1ccccc1. The van der Waals surface area contributed by atoms with Gasteiger partial charge in [-0.05, 0) is 31.7 Å². The van der Waals surface area contributed by atoms with E-state index in [1.807, 2.05) is 18.2 Å². The van der Waals surface area contributed by atoms with Crippen LogP contribution in [0.5, 0.6) is 0 Å². The molecule has 0 unspecified atom stereocenters. The van der Waals surface area contributed by atoms with E-state index in [1.54, 1.807) is 0 Å². The van der Waals surface area contributed by atoms with Crippen molar-refractivity contribution >= 4 is 5.96 Å². The Labute approximate surface area is 157 Å². The van der Waals surface area contributed by atoms with Crippen LogP contribution in [0.4, 0.5) is 0 Å². The number of aliphatic imine (C=N–C) groups is 1. The van der Waals surface area contributed by atoms with Gasteiger partial charge in [0.2, 0.25) is 0 Å². The fourth-order valence-corrected chi connectivity index (χ4v) is 2.70. The Balaban J connectivity index is 1.53. The van der Waals surface area contributed by atoms with Crippen LogP contribution in [0, 0.1) is 0 Å². The van der Waals surface area contributed by atoms with Gasteiger partial charge in [-0.3, -0.25) is 4.99 Å². The quantitative estimate of drug-likeness (QED) is 0.359. The number of hydrogen-bond acceptors (Lipinski definition) is 4. The largest absolute Gasteiger partial charge is 0.381 e. The molecule has 146 valence electrons. The van der Waals surface area contributed by atoms with Crippen LogP contribution < -0.4 is 10.6 Å². The topological polar surface area (TPSA) is 64.1 Å². The van der Waals surface area contributed by atoms with E-state index in [0.29, 0.717) is 19.3 Å². The number of nitrogens with zero attached hydrogens (tertiary/aromatic N) is 1. The summed E-state index contributed by atoms with van der Waals surface area (Å²) in [4.78, 5) is 4.59. The summed E-state index contributed by atoms with van der Waals surface area (Å²) in [5.74, 6) is 0.835. The standard InChI is InChI=1S/C20H33N3O3/c1-2-21-20(22-11-6-13-26-19-9-14-24-15-10-19)23-12-16-25-17-18-7-4-3-5-8-18/h3-5,7-8,19H,2,6,9-17H2,1H3,(H2,21,22,23). The minimum absolute atomic E-state index is 0.362. The van der Waals surface area contributed by atoms with E-state index >= 15 is 0 Å². The van der Waals surface area contributed by atoms with Crippen molar-refractivity contribution in [1.29, 1.82) is 0 Å². The normalized spacial score (nSPS) is 15.8. The van der Waals surface area contributed by atoms with Crippen molar-refractivity contribution in [3.63, 3.8) is 0 Å². The Bertz CT molecular complexity index is 490. The molecule has 0 aromatic heterocycles. The lowest BCUT2D eigenvalue weighted by Gasteiger charge is -2.22. The number of benzene rings is 1. The Hall–Kier alpha value is -1.63. The zero-order valence-corrected chi connectivity index (χ0v) is 15.9. The van der Waals surface area contributed by atoms with Gasteiger partial charge in [-0.25, -0.2) is 0 Å². The molecular formula is C20H33N3O3. The van der Waals surface area contributed by atoms with Gasteiger partial charge in [0.05, 0.1) is 19.3 Å². The third kappa shape index (κ3) is 9.17. The maximum absolute atomic E-state index is 5.87. The average molecular weight is 364 g/mol. The second-order valence-corrected chi connectivity index (χ2v) is 6.26. The van der Waals surface area contributed by atoms with Crippen LogP contribution >= 0.6 is 0 Å². The van der Waals surface area contributed by atoms with Crippen LogP contribution in [-0.2, 0) is 20.8 Å². The minimum Gasteiger partial charge on any atom is -0.381 e. The van der Waals surface area contributed by atoms with Crippen molar-refractivity contribution in [2.75, 3.05) is 46.1 Å². The third-order valence-corrected chi connectivity index (χ3v) is 4.09. The van der Waals surface area contributed by atoms with Crippen LogP contribution in [0.25, 0.3) is 0 Å². The van der Waals surface area contributed by atoms with Crippen molar-refractivity contribution < 1.29 is 14.2 Å². The number of ether oxygens (including phenoxy) is 3. The predicted octanol–water partition coefficient (Wildman–Crippen LogP) is 2.34. The lowest BCUT2D eigenvalue weighted by atomic mass is 10.1. The zero-order chi connectivity index (χ0) is 18.3. The first-order chi connectivity index (χ1) is 12.9. The smallest absolute Gasteiger partial charge is 0.191 e. The van der Waals surface area contributed by atoms with Crippen molar-refractivity contribution in [3.05, 3.63) is 35.9 Å². The maximum Gasteiger partial charge on any atom is 0.191 e. The third-order valence-electron chi connectivity index (χ3n) is 4.09. The number of hydrogen-bond donors (Lipinski definition) is 2. The van der Waals surface area contributed by atoms with Crippen LogP contribution in [0.3, 0.4) is 0 Å². The second kappa shape index (κ2) is 13.6. The summed E-state index contributed by atoms with van der Waals surface area (Å²) in [6.07, 6.45) is 3.31. The summed E-state index contributed by atoms with van der Waals surface area (Å²) in [6, 6.07) is 10.2. The Morgan fingerprint density at radius 2 is 1.96 bits per heavy atom. The van der Waals surface area contributed by atoms with E-state index in [2.05, 4.69) is 34.7 Å². The highest BCUT2D eigenvalue weighted by molar-refractivity contribution is 5.79. The van der Waals surface area contributed by atoms with E-state index in [-0.39, 0.29) is 0 Å². The number of guanidine groups is 1. The molecule has 0 radical (unpaired) electrons. The predicted molar refractivity (Wildman–Crippen MR) is 104 cm³/mol. The first-order valence-electron chi connectivity index (χ1n) is 9.71. The summed E-state index contributed by atoms with van der Waals surface area (Å²) in [5.41, 5.74) is 1.19. The Morgan fingerprint density at radius 1 is 1.15 bits per heavy atom. The molecule has 6 nitrogen and oxygen atoms in total. The van der Waals surface area contributed by atoms with Gasteiger partial charge in [-0.2, -0.15) is 0 Å². The monoisotopic (exact) mass is 363 g/mol. The van der Waals surface area contributed by atoms with Crippen LogP contribution in [0.2, 0.25) is 0 Å². The minimum atomic E-state index is 0.362. The van der Waals surface area contributed by atoms with Gasteiger partial charge < -0.3 is 24.8 Å². The molecule has 6 heteroatoms. The van der Waals surface area contributed by atoms with E-state index in [9.17, 15) is 0 Å². The highest BCUT2D eigenvalue weighted by Crippen LogP contribution is 2.10. The molecule has 1 fully saturated rings. The maximum atomic E-state index is 5.87. The fourth-order valence-electron chi connectivity index (χ4n) is 2.70. The van der Waals surface area contributed by atoms with Gasteiger partial charge in [-0.1, -0.05) is 30.3 Å². The fraction of sp³-hybridized carbons (Fsp3) is 0.650. The molecule has 0 saturated carbocycles. The van der Waals surface area contributed by atoms with Gasteiger partial charge in [-0.15, -0.1) is 0 Å². The molecule has 2 N–H and O–H groups in total. The van der Waals surface area contributed by atoms with Gasteiger partial charge in [0.15, 0.2) is 5.96 Å². The van der Waals surface area contributed by atoms with E-state index in [1.165, 1.54) is 5.56 Å². The molecule has 1 saturated heterocycles. The van der Waals surface area contributed by atoms with E-state index in [0.717, 1.165) is 64.7 Å². The molecule has 0 bridgehead atoms. The summed E-state index contributed by atoms with van der Waals surface area (Å²) in [6.45, 7) is 8.08. The molecule has 0 amide bonds. The molecule has 1 aliphatic rings. The van der Waals surface area contributed by atoms with E-state index < -0.39 is 0 Å². The molecule has 1 heterocycles. The molecule has 0 spiro atoms. The van der Waals surface area contributed by atoms with Crippen LogP contribution in [-0.4, -0.2) is 58.1 Å². The lowest BCUT2D eigenvalue weighted by molar-refractivity contribution is -0.0318. The Kier molecular flexibility index (Phi) is 10.8. The average Bonchev–Trinajstić information content (AvgIpc) is 2.69. The molecular weight excluding hydrogens is 330 g/mol. The highest BCUT2D eigenvalue weighted by Gasteiger charge is 2.13. The van der Waals surface area contributed by atoms with Crippen molar-refractivity contribution in [2.24, 2.45) is 4.99 Å². The molecule has 0 atom stereocenters. The molecule has 1 aliphatic heterocycles. The first-order valence-corrected chi connectivity index (χ1v) is 9.71. The second-order valence-electron chi connectivity index (χ2n) is 6.26. The van der Waals surface area contributed by atoms with E-state index in [4.69, 9.17) is 14.2 Å². The summed E-state index contributed by atoms with van der Waals surface area (Å²) in [5, 5.41) is 6.56. The molecule has 2 rings (SSSR count). The van der Waals surface area contributed by atoms with Gasteiger partial charge >= 0.3 is 0 Å². The van der Waals surface area contributed by atoms with Gasteiger partial charge in [0.1, 0.15) is 0 Å². The van der Waals surface area contributed by atoms with Gasteiger partial charge in [0.25, 0.3) is 0 Å². The number of nitrogens with one attached hydrogen (secondary N) is 2. The van der Waals surface area contributed by atoms with Crippen LogP contribution in [0.1, 0.15) is 31.7 Å². The van der Waals surface area contributed by atoms with Crippen molar-refractivity contribution in [2.45, 2.75) is 38.9 Å². The molecule has 0 aliphatic carbocycles. The summed E-state index contributed by atoms with van der Waals surface area (Å²) >= 11 is 0. The summed E-state index contributed by atoms with van der Waals surface area (Å²) in [7, 11) is 0. The molecule has 1 aromatic carbocycles. The van der Waals surface area contributed by atoms with Crippen molar-refractivity contribution in [3.8, 4) is 0 Å². The molecule has 1 aromatic rings. The zero-order valence-electron chi connectivity index (χ0n) is 15.9. The Morgan fingerprint density at radius 3 is 2.73 bits per heavy atom. The lowest BCUT2D eigenvalue weighted by Crippen LogP contribution is -2.39. The van der Waals surface area contributed by atoms with Crippen LogP contribution in [0.15, 0.2) is 35.3 Å². The highest BCUT2D eigenvalue weighted by atomic mass is 16.5.